The number of pyridine rings is 1. The Labute approximate surface area is 153 Å². The Morgan fingerprint density at radius 2 is 2.04 bits per heavy atom. The molecule has 0 atom stereocenters. The third-order valence-corrected chi connectivity index (χ3v) is 4.54. The quantitative estimate of drug-likeness (QED) is 0.648. The third-order valence-electron chi connectivity index (χ3n) is 4.32. The largest absolute Gasteiger partial charge is 0.366 e. The average molecular weight is 379 g/mol. The molecular formula is C17H16ClFN4O3. The minimum Gasteiger partial charge on any atom is -0.366 e. The molecule has 1 amide bonds. The number of hydrogen-bond donors (Lipinski definition) is 1. The molecule has 0 spiro atoms. The minimum atomic E-state index is -0.648. The predicted molar refractivity (Wildman–Crippen MR) is 95.9 cm³/mol. The molecule has 1 aromatic heterocycles. The second-order valence-electron chi connectivity index (χ2n) is 6.00. The van der Waals surface area contributed by atoms with Crippen LogP contribution in [0.5, 0.6) is 0 Å². The predicted octanol–water partition coefficient (Wildman–Crippen LogP) is 3.64. The second kappa shape index (κ2) is 7.65. The molecule has 136 valence electrons. The highest BCUT2D eigenvalue weighted by atomic mass is 35.5. The molecule has 2 heterocycles. The van der Waals surface area contributed by atoms with Crippen molar-refractivity contribution >= 4 is 34.7 Å². The van der Waals surface area contributed by atoms with E-state index in [2.05, 4.69) is 10.3 Å². The normalized spacial score (nSPS) is 14.9. The lowest BCUT2D eigenvalue weighted by atomic mass is 9.95. The Hall–Kier alpha value is -2.74. The first-order chi connectivity index (χ1) is 12.4. The van der Waals surface area contributed by atoms with E-state index >= 15 is 0 Å². The van der Waals surface area contributed by atoms with E-state index in [4.69, 9.17) is 11.6 Å². The Morgan fingerprint density at radius 1 is 1.31 bits per heavy atom. The summed E-state index contributed by atoms with van der Waals surface area (Å²) >= 11 is 5.76. The Bertz CT molecular complexity index is 823. The van der Waals surface area contributed by atoms with Gasteiger partial charge in [-0.05, 0) is 37.1 Å². The number of amides is 1. The van der Waals surface area contributed by atoms with Gasteiger partial charge in [0.1, 0.15) is 17.3 Å². The smallest absolute Gasteiger partial charge is 0.295 e. The molecule has 1 N–H and O–H groups in total. The fourth-order valence-electron chi connectivity index (χ4n) is 2.97. The maximum absolute atomic E-state index is 13.3. The number of benzene rings is 1. The molecule has 1 aromatic carbocycles. The van der Waals surface area contributed by atoms with E-state index in [0.717, 1.165) is 6.07 Å². The van der Waals surface area contributed by atoms with Crippen LogP contribution >= 0.6 is 11.6 Å². The van der Waals surface area contributed by atoms with E-state index in [-0.39, 0.29) is 17.5 Å². The Balaban J connectivity index is 1.63. The van der Waals surface area contributed by atoms with Gasteiger partial charge in [-0.1, -0.05) is 11.6 Å². The van der Waals surface area contributed by atoms with Gasteiger partial charge >= 0.3 is 0 Å². The summed E-state index contributed by atoms with van der Waals surface area (Å²) in [5.74, 6) is -0.586. The summed E-state index contributed by atoms with van der Waals surface area (Å²) in [6, 6.07) is 6.79. The molecular weight excluding hydrogens is 363 g/mol. The number of rotatable bonds is 4. The van der Waals surface area contributed by atoms with Gasteiger partial charge in [-0.15, -0.1) is 0 Å². The summed E-state index contributed by atoms with van der Waals surface area (Å²) in [5.41, 5.74) is 0.105. The number of nitrogens with one attached hydrogen (secondary N) is 1. The summed E-state index contributed by atoms with van der Waals surface area (Å²) in [6.07, 6.45) is 2.52. The standard InChI is InChI=1S/C17H16ClFN4O3/c18-12-1-4-16(20-10-12)21-17(24)11-5-7-22(8-6-11)14-3-2-13(19)9-15(14)23(25)26/h1-4,9-11H,5-8H2,(H,20,21,24). The van der Waals surface area contributed by atoms with Gasteiger partial charge in [0.25, 0.3) is 5.69 Å². The van der Waals surface area contributed by atoms with Gasteiger partial charge in [-0.25, -0.2) is 9.37 Å². The van der Waals surface area contributed by atoms with E-state index < -0.39 is 10.7 Å². The number of halogens is 2. The number of carbonyl (C=O) groups is 1. The molecule has 26 heavy (non-hydrogen) atoms. The molecule has 0 aliphatic carbocycles. The summed E-state index contributed by atoms with van der Waals surface area (Å²) < 4.78 is 13.3. The van der Waals surface area contributed by atoms with E-state index in [9.17, 15) is 19.3 Å². The van der Waals surface area contributed by atoms with E-state index in [1.165, 1.54) is 18.3 Å². The van der Waals surface area contributed by atoms with Crippen molar-refractivity contribution < 1.29 is 14.1 Å². The lowest BCUT2D eigenvalue weighted by molar-refractivity contribution is -0.384. The number of anilines is 2. The monoisotopic (exact) mass is 378 g/mol. The lowest BCUT2D eigenvalue weighted by Gasteiger charge is -2.32. The van der Waals surface area contributed by atoms with Gasteiger partial charge in [0, 0.05) is 25.2 Å². The Kier molecular flexibility index (Phi) is 5.32. The zero-order valence-electron chi connectivity index (χ0n) is 13.7. The number of carbonyl (C=O) groups excluding carboxylic acids is 1. The zero-order valence-corrected chi connectivity index (χ0v) is 14.4. The minimum absolute atomic E-state index is 0.145. The van der Waals surface area contributed by atoms with Gasteiger partial charge in [-0.2, -0.15) is 0 Å². The number of nitro benzene ring substituents is 1. The van der Waals surface area contributed by atoms with Crippen molar-refractivity contribution in [3.63, 3.8) is 0 Å². The number of nitrogens with zero attached hydrogens (tertiary/aromatic N) is 3. The van der Waals surface area contributed by atoms with E-state index in [1.54, 1.807) is 12.1 Å². The van der Waals surface area contributed by atoms with Gasteiger partial charge < -0.3 is 10.2 Å². The summed E-state index contributed by atoms with van der Waals surface area (Å²) in [4.78, 5) is 28.7. The SMILES string of the molecule is O=C(Nc1ccc(Cl)cn1)C1CCN(c2ccc(F)cc2[N+](=O)[O-])CC1. The van der Waals surface area contributed by atoms with Crippen molar-refractivity contribution in [2.75, 3.05) is 23.3 Å². The van der Waals surface area contributed by atoms with E-state index in [0.29, 0.717) is 42.5 Å². The van der Waals surface area contributed by atoms with Crippen LogP contribution in [0.15, 0.2) is 36.5 Å². The van der Waals surface area contributed by atoms with Crippen LogP contribution in [-0.2, 0) is 4.79 Å². The fourth-order valence-corrected chi connectivity index (χ4v) is 3.08. The van der Waals surface area contributed by atoms with Crippen molar-refractivity contribution in [1.82, 2.24) is 4.98 Å². The van der Waals surface area contributed by atoms with Crippen LogP contribution in [0.3, 0.4) is 0 Å². The first kappa shape index (κ1) is 18.1. The summed E-state index contributed by atoms with van der Waals surface area (Å²) in [5, 5.41) is 14.4. The molecule has 0 unspecified atom stereocenters. The second-order valence-corrected chi connectivity index (χ2v) is 6.44. The highest BCUT2D eigenvalue weighted by Gasteiger charge is 2.28. The van der Waals surface area contributed by atoms with Crippen LogP contribution in [0.25, 0.3) is 0 Å². The first-order valence-electron chi connectivity index (χ1n) is 8.05. The average Bonchev–Trinajstić information content (AvgIpc) is 2.63. The molecule has 3 rings (SSSR count). The van der Waals surface area contributed by atoms with Crippen LogP contribution in [0.4, 0.5) is 21.6 Å². The summed E-state index contributed by atoms with van der Waals surface area (Å²) in [7, 11) is 0. The maximum Gasteiger partial charge on any atom is 0.295 e. The van der Waals surface area contributed by atoms with Crippen LogP contribution in [0.2, 0.25) is 5.02 Å². The number of aromatic nitrogens is 1. The maximum atomic E-state index is 13.3. The van der Waals surface area contributed by atoms with Crippen molar-refractivity contribution in [3.05, 3.63) is 57.5 Å². The zero-order chi connectivity index (χ0) is 18.7. The third kappa shape index (κ3) is 4.08. The highest BCUT2D eigenvalue weighted by Crippen LogP contribution is 2.32. The van der Waals surface area contributed by atoms with Crippen LogP contribution in [0, 0.1) is 21.8 Å². The van der Waals surface area contributed by atoms with Crippen molar-refractivity contribution in [3.8, 4) is 0 Å². The molecule has 0 bridgehead atoms. The van der Waals surface area contributed by atoms with Crippen LogP contribution < -0.4 is 10.2 Å². The van der Waals surface area contributed by atoms with Crippen molar-refractivity contribution in [1.29, 1.82) is 0 Å². The van der Waals surface area contributed by atoms with Crippen molar-refractivity contribution in [2.24, 2.45) is 5.92 Å². The number of nitro groups is 1. The lowest BCUT2D eigenvalue weighted by Crippen LogP contribution is -2.38. The topological polar surface area (TPSA) is 88.4 Å². The van der Waals surface area contributed by atoms with Gasteiger partial charge in [0.05, 0.1) is 16.0 Å². The first-order valence-corrected chi connectivity index (χ1v) is 8.43. The molecule has 1 aliphatic rings. The number of piperidine rings is 1. The molecule has 0 radical (unpaired) electrons. The Morgan fingerprint density at radius 3 is 2.65 bits per heavy atom. The van der Waals surface area contributed by atoms with Gasteiger partial charge in [0.2, 0.25) is 5.91 Å². The van der Waals surface area contributed by atoms with E-state index in [1.807, 2.05) is 4.90 Å². The molecule has 2 aromatic rings. The van der Waals surface area contributed by atoms with Crippen molar-refractivity contribution in [2.45, 2.75) is 12.8 Å². The highest BCUT2D eigenvalue weighted by molar-refractivity contribution is 6.30. The number of hydrogen-bond acceptors (Lipinski definition) is 5. The molecule has 7 nitrogen and oxygen atoms in total. The van der Waals surface area contributed by atoms with Gasteiger partial charge in [-0.3, -0.25) is 14.9 Å². The van der Waals surface area contributed by atoms with Crippen LogP contribution in [0.1, 0.15) is 12.8 Å². The molecule has 9 heteroatoms. The van der Waals surface area contributed by atoms with Gasteiger partial charge in [0.15, 0.2) is 0 Å². The fraction of sp³-hybridized carbons (Fsp3) is 0.294. The molecule has 1 saturated heterocycles. The molecule has 1 fully saturated rings. The molecule has 1 aliphatic heterocycles. The van der Waals surface area contributed by atoms with Crippen LogP contribution in [-0.4, -0.2) is 28.9 Å². The molecule has 0 saturated carbocycles. The summed E-state index contributed by atoms with van der Waals surface area (Å²) in [6.45, 7) is 0.942.